The molecule has 19 heavy (non-hydrogen) atoms. The van der Waals surface area contributed by atoms with Crippen LogP contribution in [0.1, 0.15) is 30.2 Å². The minimum Gasteiger partial charge on any atom is -0.387 e. The topological polar surface area (TPSA) is 45.1 Å². The first-order chi connectivity index (χ1) is 9.16. The number of rotatable bonds is 5. The van der Waals surface area contributed by atoms with Gasteiger partial charge in [0.1, 0.15) is 0 Å². The van der Waals surface area contributed by atoms with E-state index in [1.165, 1.54) is 0 Å². The van der Waals surface area contributed by atoms with Crippen molar-refractivity contribution in [2.75, 3.05) is 6.54 Å². The fraction of sp³-hybridized carbons (Fsp3) is 0.267. The smallest absolute Gasteiger partial charge is 0.0914 e. The van der Waals surface area contributed by atoms with Crippen LogP contribution in [0.25, 0.3) is 0 Å². The van der Waals surface area contributed by atoms with Gasteiger partial charge in [-0.2, -0.15) is 0 Å². The molecule has 0 radical (unpaired) electrons. The molecular formula is C15H17BrN2O. The zero-order valence-corrected chi connectivity index (χ0v) is 12.3. The maximum Gasteiger partial charge on any atom is 0.0914 e. The van der Waals surface area contributed by atoms with Crippen molar-refractivity contribution in [2.24, 2.45) is 0 Å². The predicted octanol–water partition coefficient (Wildman–Crippen LogP) is 3.23. The van der Waals surface area contributed by atoms with Gasteiger partial charge < -0.3 is 10.4 Å². The lowest BCUT2D eigenvalue weighted by Crippen LogP contribution is -2.24. The van der Waals surface area contributed by atoms with E-state index in [-0.39, 0.29) is 6.04 Å². The van der Waals surface area contributed by atoms with Crippen molar-refractivity contribution < 1.29 is 5.11 Å². The van der Waals surface area contributed by atoms with Gasteiger partial charge in [-0.15, -0.1) is 0 Å². The van der Waals surface area contributed by atoms with E-state index in [1.54, 1.807) is 12.4 Å². The SMILES string of the molecule is CC(NCC(O)c1cccc(Br)c1)c1ccncc1. The summed E-state index contributed by atoms with van der Waals surface area (Å²) in [6.07, 6.45) is 3.04. The van der Waals surface area contributed by atoms with Crippen molar-refractivity contribution in [1.82, 2.24) is 10.3 Å². The molecule has 0 bridgehead atoms. The van der Waals surface area contributed by atoms with Crippen molar-refractivity contribution in [1.29, 1.82) is 0 Å². The zero-order chi connectivity index (χ0) is 13.7. The lowest BCUT2D eigenvalue weighted by Gasteiger charge is -2.17. The molecule has 0 aliphatic rings. The van der Waals surface area contributed by atoms with Crippen LogP contribution < -0.4 is 5.32 Å². The van der Waals surface area contributed by atoms with E-state index in [0.717, 1.165) is 15.6 Å². The summed E-state index contributed by atoms with van der Waals surface area (Å²) in [7, 11) is 0. The zero-order valence-electron chi connectivity index (χ0n) is 10.8. The van der Waals surface area contributed by atoms with E-state index in [9.17, 15) is 5.11 Å². The number of nitrogens with one attached hydrogen (secondary N) is 1. The molecular weight excluding hydrogens is 304 g/mol. The first-order valence-corrected chi connectivity index (χ1v) is 7.03. The number of aliphatic hydroxyl groups is 1. The van der Waals surface area contributed by atoms with Crippen LogP contribution in [0.2, 0.25) is 0 Å². The average molecular weight is 321 g/mol. The summed E-state index contributed by atoms with van der Waals surface area (Å²) in [5.41, 5.74) is 2.07. The number of benzene rings is 1. The highest BCUT2D eigenvalue weighted by Crippen LogP contribution is 2.18. The van der Waals surface area contributed by atoms with Crippen molar-refractivity contribution in [3.05, 3.63) is 64.4 Å². The Morgan fingerprint density at radius 3 is 2.63 bits per heavy atom. The first kappa shape index (κ1) is 14.2. The molecule has 0 amide bonds. The number of halogens is 1. The number of nitrogens with zero attached hydrogens (tertiary/aromatic N) is 1. The molecule has 0 aliphatic heterocycles. The summed E-state index contributed by atoms with van der Waals surface area (Å²) < 4.78 is 0.978. The van der Waals surface area contributed by atoms with Crippen LogP contribution in [0.3, 0.4) is 0 Å². The second-order valence-corrected chi connectivity index (χ2v) is 5.40. The van der Waals surface area contributed by atoms with E-state index < -0.39 is 6.10 Å². The predicted molar refractivity (Wildman–Crippen MR) is 79.8 cm³/mol. The van der Waals surface area contributed by atoms with E-state index in [2.05, 4.69) is 33.2 Å². The van der Waals surface area contributed by atoms with Gasteiger partial charge in [-0.3, -0.25) is 4.98 Å². The highest BCUT2D eigenvalue weighted by molar-refractivity contribution is 9.10. The van der Waals surface area contributed by atoms with Gasteiger partial charge in [-0.25, -0.2) is 0 Å². The quantitative estimate of drug-likeness (QED) is 0.889. The standard InChI is InChI=1S/C15H17BrN2O/c1-11(12-5-7-17-8-6-12)18-10-15(19)13-3-2-4-14(16)9-13/h2-9,11,15,18-19H,10H2,1H3. The van der Waals surface area contributed by atoms with Crippen molar-refractivity contribution in [3.63, 3.8) is 0 Å². The van der Waals surface area contributed by atoms with Gasteiger partial charge in [0.25, 0.3) is 0 Å². The fourth-order valence-corrected chi connectivity index (χ4v) is 2.31. The monoisotopic (exact) mass is 320 g/mol. The summed E-state index contributed by atoms with van der Waals surface area (Å²) in [6, 6.07) is 11.9. The Morgan fingerprint density at radius 1 is 1.21 bits per heavy atom. The highest BCUT2D eigenvalue weighted by Gasteiger charge is 2.10. The fourth-order valence-electron chi connectivity index (χ4n) is 1.89. The van der Waals surface area contributed by atoms with E-state index in [1.807, 2.05) is 36.4 Å². The van der Waals surface area contributed by atoms with Crippen LogP contribution in [0.5, 0.6) is 0 Å². The van der Waals surface area contributed by atoms with Crippen LogP contribution in [0.15, 0.2) is 53.3 Å². The second-order valence-electron chi connectivity index (χ2n) is 4.48. The maximum atomic E-state index is 10.1. The molecule has 1 aromatic carbocycles. The first-order valence-electron chi connectivity index (χ1n) is 6.23. The van der Waals surface area contributed by atoms with Gasteiger partial charge in [-0.05, 0) is 42.3 Å². The van der Waals surface area contributed by atoms with Crippen molar-refractivity contribution >= 4 is 15.9 Å². The molecule has 2 atom stereocenters. The molecule has 2 aromatic rings. The third-order valence-electron chi connectivity index (χ3n) is 3.06. The van der Waals surface area contributed by atoms with Gasteiger partial charge in [0.2, 0.25) is 0 Å². The van der Waals surface area contributed by atoms with Gasteiger partial charge >= 0.3 is 0 Å². The molecule has 2 unspecified atom stereocenters. The summed E-state index contributed by atoms with van der Waals surface area (Å²) in [6.45, 7) is 2.59. The largest absolute Gasteiger partial charge is 0.387 e. The Bertz CT molecular complexity index is 519. The second kappa shape index (κ2) is 6.80. The average Bonchev–Trinajstić information content (AvgIpc) is 2.45. The molecule has 0 saturated heterocycles. The summed E-state index contributed by atoms with van der Waals surface area (Å²) in [5.74, 6) is 0. The molecule has 2 N–H and O–H groups in total. The van der Waals surface area contributed by atoms with E-state index >= 15 is 0 Å². The summed E-state index contributed by atoms with van der Waals surface area (Å²) in [5, 5.41) is 13.5. The maximum absolute atomic E-state index is 10.1. The number of hydrogen-bond acceptors (Lipinski definition) is 3. The molecule has 0 saturated carbocycles. The molecule has 3 nitrogen and oxygen atoms in total. The lowest BCUT2D eigenvalue weighted by molar-refractivity contribution is 0.170. The van der Waals surface area contributed by atoms with Crippen LogP contribution in [-0.2, 0) is 0 Å². The van der Waals surface area contributed by atoms with Crippen LogP contribution in [0, 0.1) is 0 Å². The molecule has 100 valence electrons. The minimum atomic E-state index is -0.512. The Balaban J connectivity index is 1.92. The highest BCUT2D eigenvalue weighted by atomic mass is 79.9. The minimum absolute atomic E-state index is 0.185. The Labute approximate surface area is 121 Å². The van der Waals surface area contributed by atoms with E-state index in [0.29, 0.717) is 6.54 Å². The lowest BCUT2D eigenvalue weighted by atomic mass is 10.1. The third-order valence-corrected chi connectivity index (χ3v) is 3.55. The third kappa shape index (κ3) is 4.13. The summed E-state index contributed by atoms with van der Waals surface area (Å²) >= 11 is 3.41. The van der Waals surface area contributed by atoms with Gasteiger partial charge in [0.05, 0.1) is 6.10 Å². The van der Waals surface area contributed by atoms with Crippen LogP contribution >= 0.6 is 15.9 Å². The normalized spacial score (nSPS) is 14.1. The number of aromatic nitrogens is 1. The van der Waals surface area contributed by atoms with Gasteiger partial charge in [0.15, 0.2) is 0 Å². The number of aliphatic hydroxyl groups excluding tert-OH is 1. The molecule has 1 aromatic heterocycles. The molecule has 0 spiro atoms. The Hall–Kier alpha value is -1.23. The molecule has 0 aliphatic carbocycles. The number of hydrogen-bond donors (Lipinski definition) is 2. The summed E-state index contributed by atoms with van der Waals surface area (Å²) in [4.78, 5) is 4.00. The van der Waals surface area contributed by atoms with Gasteiger partial charge in [0, 0.05) is 29.5 Å². The Morgan fingerprint density at radius 2 is 1.95 bits per heavy atom. The van der Waals surface area contributed by atoms with Crippen LogP contribution in [0.4, 0.5) is 0 Å². The van der Waals surface area contributed by atoms with Crippen LogP contribution in [-0.4, -0.2) is 16.6 Å². The van der Waals surface area contributed by atoms with Crippen molar-refractivity contribution in [3.8, 4) is 0 Å². The van der Waals surface area contributed by atoms with Crippen molar-refractivity contribution in [2.45, 2.75) is 19.1 Å². The van der Waals surface area contributed by atoms with Gasteiger partial charge in [-0.1, -0.05) is 28.1 Å². The molecule has 0 fully saturated rings. The number of pyridine rings is 1. The molecule has 4 heteroatoms. The van der Waals surface area contributed by atoms with E-state index in [4.69, 9.17) is 0 Å². The molecule has 1 heterocycles. The molecule has 2 rings (SSSR count). The Kier molecular flexibility index (Phi) is 5.07.